The third kappa shape index (κ3) is 3.84. The van der Waals surface area contributed by atoms with Crippen LogP contribution in [0.25, 0.3) is 0 Å². The number of sulfonamides is 1. The molecule has 2 heterocycles. The fourth-order valence-corrected chi connectivity index (χ4v) is 6.24. The van der Waals surface area contributed by atoms with Crippen molar-refractivity contribution in [1.82, 2.24) is 4.72 Å². The Labute approximate surface area is 150 Å². The predicted octanol–water partition coefficient (Wildman–Crippen LogP) is 2.83. The molecule has 132 valence electrons. The summed E-state index contributed by atoms with van der Waals surface area (Å²) < 4.78 is 58.3. The van der Waals surface area contributed by atoms with Gasteiger partial charge in [0.2, 0.25) is 10.0 Å². The quantitative estimate of drug-likeness (QED) is 0.662. The largest absolute Gasteiger partial charge is 0.468 e. The maximum atomic E-state index is 12.9. The van der Waals surface area contributed by atoms with Crippen LogP contribution in [0, 0.1) is 0 Å². The summed E-state index contributed by atoms with van der Waals surface area (Å²) >= 11 is 1.08. The molecule has 1 aromatic carbocycles. The van der Waals surface area contributed by atoms with E-state index in [4.69, 9.17) is 4.42 Å². The summed E-state index contributed by atoms with van der Waals surface area (Å²) in [6, 6.07) is 14.0. The second kappa shape index (κ2) is 7.12. The molecule has 0 spiro atoms. The summed E-state index contributed by atoms with van der Waals surface area (Å²) in [4.78, 5) is 0.0710. The van der Waals surface area contributed by atoms with E-state index < -0.39 is 25.1 Å². The summed E-state index contributed by atoms with van der Waals surface area (Å²) in [6.07, 6.45) is 1.36. The number of sulfone groups is 1. The normalized spacial score (nSPS) is 13.6. The molecule has 0 fully saturated rings. The standard InChI is InChI=1S/C16H15NO5S3/c18-24(19,16-9-5-11-23-16)15(14-8-4-10-22-14)12-17-25(20,21)13-6-2-1-3-7-13/h1-11,15,17H,12H2/t15-/m0/s1. The van der Waals surface area contributed by atoms with Gasteiger partial charge >= 0.3 is 0 Å². The molecule has 3 rings (SSSR count). The van der Waals surface area contributed by atoms with Gasteiger partial charge in [-0.05, 0) is 35.7 Å². The van der Waals surface area contributed by atoms with Crippen molar-refractivity contribution < 1.29 is 21.3 Å². The minimum atomic E-state index is -3.83. The molecule has 0 unspecified atom stereocenters. The second-order valence-corrected chi connectivity index (χ2v) is 10.2. The number of nitrogens with one attached hydrogen (secondary N) is 1. The van der Waals surface area contributed by atoms with Gasteiger partial charge in [0.15, 0.2) is 9.84 Å². The van der Waals surface area contributed by atoms with Crippen molar-refractivity contribution >= 4 is 31.2 Å². The van der Waals surface area contributed by atoms with Crippen LogP contribution in [0.1, 0.15) is 11.0 Å². The molecule has 0 aliphatic carbocycles. The Bertz CT molecular complexity index is 1010. The molecule has 3 aromatic rings. The lowest BCUT2D eigenvalue weighted by Gasteiger charge is -2.15. The van der Waals surface area contributed by atoms with Crippen LogP contribution in [0.4, 0.5) is 0 Å². The first-order valence-corrected chi connectivity index (χ1v) is 11.2. The first-order chi connectivity index (χ1) is 11.9. The summed E-state index contributed by atoms with van der Waals surface area (Å²) in [5.74, 6) is 0.184. The topological polar surface area (TPSA) is 93.4 Å². The van der Waals surface area contributed by atoms with E-state index in [1.807, 2.05) is 0 Å². The number of thiophene rings is 1. The molecule has 0 bridgehead atoms. The zero-order valence-electron chi connectivity index (χ0n) is 12.9. The van der Waals surface area contributed by atoms with E-state index in [0.717, 1.165) is 11.3 Å². The van der Waals surface area contributed by atoms with Gasteiger partial charge in [-0.25, -0.2) is 21.6 Å². The molecule has 9 heteroatoms. The lowest BCUT2D eigenvalue weighted by atomic mass is 10.3. The first-order valence-electron chi connectivity index (χ1n) is 7.27. The summed E-state index contributed by atoms with van der Waals surface area (Å²) in [6.45, 7) is -0.328. The fraction of sp³-hybridized carbons (Fsp3) is 0.125. The molecule has 1 atom stereocenters. The van der Waals surface area contributed by atoms with E-state index in [2.05, 4.69) is 4.72 Å². The molecule has 1 N–H and O–H groups in total. The SMILES string of the molecule is O=S(=O)(NC[C@@H](c1ccco1)S(=O)(=O)c1cccs1)c1ccccc1. The Kier molecular flexibility index (Phi) is 5.09. The van der Waals surface area contributed by atoms with Crippen LogP contribution in [0.2, 0.25) is 0 Å². The van der Waals surface area contributed by atoms with Crippen LogP contribution < -0.4 is 4.72 Å². The van der Waals surface area contributed by atoms with Gasteiger partial charge in [-0.2, -0.15) is 0 Å². The highest BCUT2D eigenvalue weighted by molar-refractivity contribution is 7.93. The summed E-state index contributed by atoms with van der Waals surface area (Å²) in [5, 5.41) is 0.500. The molecule has 25 heavy (non-hydrogen) atoms. The van der Waals surface area contributed by atoms with E-state index in [9.17, 15) is 16.8 Å². The molecule has 0 aliphatic rings. The van der Waals surface area contributed by atoms with Crippen LogP contribution in [0.3, 0.4) is 0 Å². The van der Waals surface area contributed by atoms with Gasteiger partial charge in [0.1, 0.15) is 15.2 Å². The van der Waals surface area contributed by atoms with E-state index in [1.54, 1.807) is 35.7 Å². The zero-order chi connectivity index (χ0) is 17.9. The first kappa shape index (κ1) is 17.9. The summed E-state index contributed by atoms with van der Waals surface area (Å²) in [7, 11) is -7.62. The van der Waals surface area contributed by atoms with E-state index in [-0.39, 0.29) is 21.4 Å². The number of benzene rings is 1. The van der Waals surface area contributed by atoms with Crippen molar-refractivity contribution in [1.29, 1.82) is 0 Å². The smallest absolute Gasteiger partial charge is 0.240 e. The van der Waals surface area contributed by atoms with Gasteiger partial charge < -0.3 is 4.42 Å². The van der Waals surface area contributed by atoms with E-state index >= 15 is 0 Å². The maximum absolute atomic E-state index is 12.9. The molecule has 0 amide bonds. The van der Waals surface area contributed by atoms with Crippen LogP contribution in [0.5, 0.6) is 0 Å². The van der Waals surface area contributed by atoms with Crippen molar-refractivity contribution in [3.63, 3.8) is 0 Å². The molecule has 0 saturated carbocycles. The average molecular weight is 397 g/mol. The Balaban J connectivity index is 1.90. The van der Waals surface area contributed by atoms with E-state index in [0.29, 0.717) is 0 Å². The Hall–Kier alpha value is -1.94. The third-order valence-corrected chi connectivity index (χ3v) is 8.45. The minimum absolute atomic E-state index is 0.0710. The molecular weight excluding hydrogens is 382 g/mol. The Morgan fingerprint density at radius 3 is 2.32 bits per heavy atom. The van der Waals surface area contributed by atoms with Crippen molar-refractivity contribution in [2.24, 2.45) is 0 Å². The Morgan fingerprint density at radius 1 is 0.960 bits per heavy atom. The van der Waals surface area contributed by atoms with Gasteiger partial charge in [-0.3, -0.25) is 0 Å². The average Bonchev–Trinajstić information content (AvgIpc) is 3.30. The molecule has 0 aliphatic heterocycles. The van der Waals surface area contributed by atoms with Crippen LogP contribution in [0.15, 0.2) is 79.8 Å². The molecular formula is C16H15NO5S3. The highest BCUT2D eigenvalue weighted by Crippen LogP contribution is 2.31. The number of hydrogen-bond acceptors (Lipinski definition) is 6. The van der Waals surface area contributed by atoms with Crippen molar-refractivity contribution in [3.8, 4) is 0 Å². The summed E-state index contributed by atoms with van der Waals surface area (Å²) in [5.41, 5.74) is 0. The molecule has 2 aromatic heterocycles. The maximum Gasteiger partial charge on any atom is 0.240 e. The van der Waals surface area contributed by atoms with Crippen molar-refractivity contribution in [2.75, 3.05) is 6.54 Å². The minimum Gasteiger partial charge on any atom is -0.468 e. The molecule has 0 radical (unpaired) electrons. The molecule has 6 nitrogen and oxygen atoms in total. The lowest BCUT2D eigenvalue weighted by Crippen LogP contribution is -2.31. The van der Waals surface area contributed by atoms with Crippen LogP contribution >= 0.6 is 11.3 Å². The molecule has 0 saturated heterocycles. The highest BCUT2D eigenvalue weighted by Gasteiger charge is 2.33. The van der Waals surface area contributed by atoms with Crippen molar-refractivity contribution in [2.45, 2.75) is 14.4 Å². The number of furan rings is 1. The van der Waals surface area contributed by atoms with Gasteiger partial charge in [0, 0.05) is 6.54 Å². The van der Waals surface area contributed by atoms with Crippen molar-refractivity contribution in [3.05, 3.63) is 72.0 Å². The number of rotatable bonds is 7. The fourth-order valence-electron chi connectivity index (χ4n) is 2.27. The number of hydrogen-bond donors (Lipinski definition) is 1. The third-order valence-electron chi connectivity index (χ3n) is 3.52. The van der Waals surface area contributed by atoms with Crippen LogP contribution in [-0.2, 0) is 19.9 Å². The van der Waals surface area contributed by atoms with Gasteiger partial charge in [0.05, 0.1) is 11.2 Å². The predicted molar refractivity (Wildman–Crippen MR) is 94.6 cm³/mol. The lowest BCUT2D eigenvalue weighted by molar-refractivity contribution is 0.487. The highest BCUT2D eigenvalue weighted by atomic mass is 32.2. The van der Waals surface area contributed by atoms with E-state index in [1.165, 1.54) is 30.5 Å². The Morgan fingerprint density at radius 2 is 1.72 bits per heavy atom. The van der Waals surface area contributed by atoms with Gasteiger partial charge in [-0.15, -0.1) is 11.3 Å². The van der Waals surface area contributed by atoms with Gasteiger partial charge in [0.25, 0.3) is 0 Å². The monoisotopic (exact) mass is 397 g/mol. The second-order valence-electron chi connectivity index (χ2n) is 5.15. The van der Waals surface area contributed by atoms with Crippen LogP contribution in [-0.4, -0.2) is 23.4 Å². The zero-order valence-corrected chi connectivity index (χ0v) is 15.4. The van der Waals surface area contributed by atoms with Gasteiger partial charge in [-0.1, -0.05) is 24.3 Å².